The Hall–Kier alpha value is -1.61. The van der Waals surface area contributed by atoms with Gasteiger partial charge < -0.3 is 5.73 Å². The van der Waals surface area contributed by atoms with Crippen LogP contribution in [0.2, 0.25) is 0 Å². The maximum Gasteiger partial charge on any atom is 0.307 e. The second kappa shape index (κ2) is 3.41. The molecule has 0 amide bonds. The number of nitrogens with zero attached hydrogens (tertiary/aromatic N) is 2. The molecule has 0 saturated heterocycles. The molecule has 1 aromatic rings. The monoisotopic (exact) mass is 241 g/mol. The molecule has 5 nitrogen and oxygen atoms in total. The molecule has 0 bridgehead atoms. The number of hydrogen-bond donors (Lipinski definition) is 1. The molecule has 0 aliphatic carbocycles. The van der Waals surface area contributed by atoms with Gasteiger partial charge in [-0.15, -0.1) is 0 Å². The fourth-order valence-electron chi connectivity index (χ4n) is 0.864. The second-order valence-corrected chi connectivity index (χ2v) is 3.08. The zero-order chi connectivity index (χ0) is 10.0. The Bertz CT molecular complexity index is 411. The quantitative estimate of drug-likeness (QED) is 0.461. The summed E-state index contributed by atoms with van der Waals surface area (Å²) in [5.41, 5.74) is 5.13. The van der Waals surface area contributed by atoms with Crippen molar-refractivity contribution in [1.29, 1.82) is 5.26 Å². The summed E-state index contributed by atoms with van der Waals surface area (Å²) in [5, 5.41) is 19.0. The molecule has 13 heavy (non-hydrogen) atoms. The third-order valence-electron chi connectivity index (χ3n) is 1.47. The first-order chi connectivity index (χ1) is 6.07. The highest BCUT2D eigenvalue weighted by atomic mass is 79.9. The number of anilines is 1. The lowest BCUT2D eigenvalue weighted by atomic mass is 10.2. The average molecular weight is 242 g/mol. The first kappa shape index (κ1) is 9.48. The van der Waals surface area contributed by atoms with Gasteiger partial charge in [0, 0.05) is 0 Å². The maximum absolute atomic E-state index is 10.5. The van der Waals surface area contributed by atoms with Gasteiger partial charge in [-0.3, -0.25) is 10.1 Å². The normalized spacial score (nSPS) is 9.23. The van der Waals surface area contributed by atoms with Crippen LogP contribution in [0.25, 0.3) is 0 Å². The number of halogens is 1. The van der Waals surface area contributed by atoms with Crippen molar-refractivity contribution in [3.63, 3.8) is 0 Å². The summed E-state index contributed by atoms with van der Waals surface area (Å²) in [5.74, 6) is 0. The summed E-state index contributed by atoms with van der Waals surface area (Å²) >= 11 is 2.98. The summed E-state index contributed by atoms with van der Waals surface area (Å²) in [6.07, 6.45) is 0. The number of nitrogen functional groups attached to an aromatic ring is 1. The van der Waals surface area contributed by atoms with Gasteiger partial charge in [-0.1, -0.05) is 0 Å². The Labute approximate surface area is 82.0 Å². The van der Waals surface area contributed by atoms with Crippen LogP contribution in [-0.2, 0) is 0 Å². The maximum atomic E-state index is 10.5. The van der Waals surface area contributed by atoms with E-state index in [1.807, 2.05) is 0 Å². The zero-order valence-electron chi connectivity index (χ0n) is 6.32. The van der Waals surface area contributed by atoms with Crippen LogP contribution < -0.4 is 5.73 Å². The van der Waals surface area contributed by atoms with E-state index in [-0.39, 0.29) is 21.4 Å². The topological polar surface area (TPSA) is 92.9 Å². The molecule has 0 unspecified atom stereocenters. The smallest absolute Gasteiger partial charge is 0.307 e. The molecule has 0 aliphatic rings. The van der Waals surface area contributed by atoms with Gasteiger partial charge in [0.2, 0.25) is 0 Å². The van der Waals surface area contributed by atoms with Crippen molar-refractivity contribution in [1.82, 2.24) is 0 Å². The predicted molar refractivity (Wildman–Crippen MR) is 49.9 cm³/mol. The molecule has 6 heteroatoms. The highest BCUT2D eigenvalue weighted by Crippen LogP contribution is 2.32. The summed E-state index contributed by atoms with van der Waals surface area (Å²) in [6.45, 7) is 0. The van der Waals surface area contributed by atoms with E-state index in [9.17, 15) is 10.1 Å². The van der Waals surface area contributed by atoms with Crippen molar-refractivity contribution in [3.05, 3.63) is 32.3 Å². The van der Waals surface area contributed by atoms with Crippen LogP contribution in [-0.4, -0.2) is 4.92 Å². The molecular weight excluding hydrogens is 238 g/mol. The summed E-state index contributed by atoms with van der Waals surface area (Å²) in [6, 6.07) is 4.61. The van der Waals surface area contributed by atoms with Crippen LogP contribution in [0, 0.1) is 21.4 Å². The van der Waals surface area contributed by atoms with E-state index in [0.29, 0.717) is 0 Å². The third kappa shape index (κ3) is 1.60. The number of benzene rings is 1. The van der Waals surface area contributed by atoms with Gasteiger partial charge in [0.1, 0.15) is 11.8 Å². The van der Waals surface area contributed by atoms with Crippen LogP contribution in [0.1, 0.15) is 5.56 Å². The van der Waals surface area contributed by atoms with Crippen LogP contribution >= 0.6 is 15.9 Å². The molecule has 0 saturated carbocycles. The number of nitro groups is 1. The Morgan fingerprint density at radius 1 is 1.62 bits per heavy atom. The Morgan fingerprint density at radius 3 is 2.69 bits per heavy atom. The molecule has 66 valence electrons. The van der Waals surface area contributed by atoms with Crippen molar-refractivity contribution in [2.75, 3.05) is 5.73 Å². The molecule has 0 aliphatic heterocycles. The average Bonchev–Trinajstić information content (AvgIpc) is 2.04. The van der Waals surface area contributed by atoms with E-state index >= 15 is 0 Å². The predicted octanol–water partition coefficient (Wildman–Crippen LogP) is 1.81. The van der Waals surface area contributed by atoms with Crippen LogP contribution in [0.4, 0.5) is 11.4 Å². The van der Waals surface area contributed by atoms with Gasteiger partial charge in [-0.25, -0.2) is 0 Å². The number of nitrogens with two attached hydrogens (primary N) is 1. The van der Waals surface area contributed by atoms with E-state index in [1.54, 1.807) is 6.07 Å². The number of nitro benzene ring substituents is 1. The Balaban J connectivity index is 3.50. The highest BCUT2D eigenvalue weighted by molar-refractivity contribution is 9.10. The van der Waals surface area contributed by atoms with Crippen molar-refractivity contribution < 1.29 is 4.92 Å². The molecule has 2 N–H and O–H groups in total. The molecule has 0 radical (unpaired) electrons. The van der Waals surface area contributed by atoms with Gasteiger partial charge in [0.05, 0.1) is 15.0 Å². The standard InChI is InChI=1S/C7H4BrN3O2/c8-5-2-1-4(3-9)6(10)7(5)11(12)13/h1-2H,10H2. The van der Waals surface area contributed by atoms with Crippen LogP contribution in [0.15, 0.2) is 16.6 Å². The number of hydrogen-bond acceptors (Lipinski definition) is 4. The molecule has 0 fully saturated rings. The number of rotatable bonds is 1. The molecule has 0 spiro atoms. The minimum absolute atomic E-state index is 0.106. The van der Waals surface area contributed by atoms with E-state index in [1.165, 1.54) is 12.1 Å². The summed E-state index contributed by atoms with van der Waals surface area (Å²) < 4.78 is 0.272. The minimum Gasteiger partial charge on any atom is -0.392 e. The van der Waals surface area contributed by atoms with Gasteiger partial charge in [-0.2, -0.15) is 5.26 Å². The lowest BCUT2D eigenvalue weighted by Gasteiger charge is -2.00. The molecule has 0 heterocycles. The van der Waals surface area contributed by atoms with Crippen LogP contribution in [0.3, 0.4) is 0 Å². The molecule has 1 aromatic carbocycles. The van der Waals surface area contributed by atoms with E-state index in [0.717, 1.165) is 0 Å². The van der Waals surface area contributed by atoms with Gasteiger partial charge >= 0.3 is 5.69 Å². The first-order valence-electron chi connectivity index (χ1n) is 3.20. The van der Waals surface area contributed by atoms with Crippen molar-refractivity contribution in [2.24, 2.45) is 0 Å². The Kier molecular flexibility index (Phi) is 2.49. The molecule has 1 rings (SSSR count). The van der Waals surface area contributed by atoms with Gasteiger partial charge in [-0.05, 0) is 28.1 Å². The summed E-state index contributed by atoms with van der Waals surface area (Å²) in [4.78, 5) is 9.87. The van der Waals surface area contributed by atoms with Crippen LogP contribution in [0.5, 0.6) is 0 Å². The zero-order valence-corrected chi connectivity index (χ0v) is 7.91. The third-order valence-corrected chi connectivity index (χ3v) is 2.11. The van der Waals surface area contributed by atoms with E-state index in [2.05, 4.69) is 15.9 Å². The van der Waals surface area contributed by atoms with Crippen molar-refractivity contribution in [2.45, 2.75) is 0 Å². The fourth-order valence-corrected chi connectivity index (χ4v) is 1.36. The highest BCUT2D eigenvalue weighted by Gasteiger charge is 2.19. The molecule has 0 atom stereocenters. The minimum atomic E-state index is -0.625. The van der Waals surface area contributed by atoms with Crippen molar-refractivity contribution in [3.8, 4) is 6.07 Å². The molecule has 0 aromatic heterocycles. The lowest BCUT2D eigenvalue weighted by molar-refractivity contribution is -0.384. The SMILES string of the molecule is N#Cc1ccc(Br)c([N+](=O)[O-])c1N. The largest absolute Gasteiger partial charge is 0.392 e. The first-order valence-corrected chi connectivity index (χ1v) is 3.99. The Morgan fingerprint density at radius 2 is 2.23 bits per heavy atom. The van der Waals surface area contributed by atoms with Gasteiger partial charge in [0.25, 0.3) is 0 Å². The van der Waals surface area contributed by atoms with E-state index < -0.39 is 4.92 Å². The summed E-state index contributed by atoms with van der Waals surface area (Å²) in [7, 11) is 0. The fraction of sp³-hybridized carbons (Fsp3) is 0. The lowest BCUT2D eigenvalue weighted by Crippen LogP contribution is -1.99. The van der Waals surface area contributed by atoms with Crippen molar-refractivity contribution >= 4 is 27.3 Å². The number of nitriles is 1. The molecular formula is C7H4BrN3O2. The van der Waals surface area contributed by atoms with E-state index in [4.69, 9.17) is 11.0 Å². The van der Waals surface area contributed by atoms with Gasteiger partial charge in [0.15, 0.2) is 0 Å². The second-order valence-electron chi connectivity index (χ2n) is 2.23.